The maximum atomic E-state index is 13.0. The van der Waals surface area contributed by atoms with Crippen LogP contribution in [0.2, 0.25) is 0 Å². The smallest absolute Gasteiger partial charge is 0.261 e. The Kier molecular flexibility index (Phi) is 4.38. The van der Waals surface area contributed by atoms with Crippen LogP contribution in [0.1, 0.15) is 31.1 Å². The van der Waals surface area contributed by atoms with Gasteiger partial charge in [0.2, 0.25) is 5.91 Å². The second-order valence-electron chi connectivity index (χ2n) is 6.67. The highest BCUT2D eigenvalue weighted by Crippen LogP contribution is 2.30. The Bertz CT molecular complexity index is 766. The molecule has 0 aliphatic carbocycles. The number of carbonyl (C=O) groups is 2. The molecule has 24 heavy (non-hydrogen) atoms. The van der Waals surface area contributed by atoms with E-state index in [4.69, 9.17) is 0 Å². The van der Waals surface area contributed by atoms with Gasteiger partial charge in [0.25, 0.3) is 5.91 Å². The first-order chi connectivity index (χ1) is 11.5. The van der Waals surface area contributed by atoms with E-state index in [0.717, 1.165) is 12.2 Å². The fourth-order valence-electron chi connectivity index (χ4n) is 2.82. The minimum Gasteiger partial charge on any atom is -0.324 e. The van der Waals surface area contributed by atoms with Crippen LogP contribution in [0.4, 0.5) is 11.4 Å². The van der Waals surface area contributed by atoms with Gasteiger partial charge in [-0.3, -0.25) is 14.3 Å². The van der Waals surface area contributed by atoms with Crippen LogP contribution < -0.4 is 10.2 Å². The SMILES string of the molecule is CC(C)Cn1cc(C(=O)N2CC(C)C(=O)Nc3ccccc32)cn1. The van der Waals surface area contributed by atoms with E-state index in [1.54, 1.807) is 22.0 Å². The van der Waals surface area contributed by atoms with Crippen molar-refractivity contribution in [3.63, 3.8) is 0 Å². The maximum Gasteiger partial charge on any atom is 0.261 e. The van der Waals surface area contributed by atoms with Crippen LogP contribution in [-0.2, 0) is 11.3 Å². The lowest BCUT2D eigenvalue weighted by atomic mass is 10.1. The molecular weight excluding hydrogens is 304 g/mol. The van der Waals surface area contributed by atoms with Crippen LogP contribution in [-0.4, -0.2) is 28.1 Å². The van der Waals surface area contributed by atoms with E-state index in [9.17, 15) is 9.59 Å². The molecule has 6 nitrogen and oxygen atoms in total. The Hall–Kier alpha value is -2.63. The number of benzene rings is 1. The first kappa shape index (κ1) is 16.2. The summed E-state index contributed by atoms with van der Waals surface area (Å²) in [6.07, 6.45) is 3.37. The number of hydrogen-bond acceptors (Lipinski definition) is 3. The van der Waals surface area contributed by atoms with Gasteiger partial charge in [0.1, 0.15) is 0 Å². The fourth-order valence-corrected chi connectivity index (χ4v) is 2.82. The van der Waals surface area contributed by atoms with Crippen LogP contribution in [0.25, 0.3) is 0 Å². The number of hydrogen-bond donors (Lipinski definition) is 1. The van der Waals surface area contributed by atoms with Gasteiger partial charge in [-0.1, -0.05) is 32.9 Å². The Morgan fingerprint density at radius 1 is 1.38 bits per heavy atom. The largest absolute Gasteiger partial charge is 0.324 e. The maximum absolute atomic E-state index is 13.0. The van der Waals surface area contributed by atoms with Crippen molar-refractivity contribution in [1.29, 1.82) is 0 Å². The van der Waals surface area contributed by atoms with Crippen molar-refractivity contribution >= 4 is 23.2 Å². The number of anilines is 2. The fraction of sp³-hybridized carbons (Fsp3) is 0.389. The van der Waals surface area contributed by atoms with Crippen LogP contribution in [0.15, 0.2) is 36.7 Å². The van der Waals surface area contributed by atoms with Gasteiger partial charge in [0.05, 0.1) is 29.1 Å². The molecule has 1 aromatic heterocycles. The van der Waals surface area contributed by atoms with Crippen molar-refractivity contribution in [3.8, 4) is 0 Å². The summed E-state index contributed by atoms with van der Waals surface area (Å²) in [6, 6.07) is 7.37. The molecule has 1 aliphatic heterocycles. The van der Waals surface area contributed by atoms with Gasteiger partial charge in [-0.15, -0.1) is 0 Å². The summed E-state index contributed by atoms with van der Waals surface area (Å²) in [5.74, 6) is -0.0465. The summed E-state index contributed by atoms with van der Waals surface area (Å²) in [6.45, 7) is 7.14. The number of amides is 2. The molecule has 2 amide bonds. The highest BCUT2D eigenvalue weighted by Gasteiger charge is 2.29. The number of nitrogens with zero attached hydrogens (tertiary/aromatic N) is 3. The van der Waals surface area contributed by atoms with Crippen LogP contribution in [0.5, 0.6) is 0 Å². The highest BCUT2D eigenvalue weighted by molar-refractivity contribution is 6.10. The Morgan fingerprint density at radius 3 is 2.88 bits per heavy atom. The quantitative estimate of drug-likeness (QED) is 0.943. The normalized spacial score (nSPS) is 17.4. The molecule has 0 spiro atoms. The van der Waals surface area contributed by atoms with Gasteiger partial charge in [-0.2, -0.15) is 5.10 Å². The standard InChI is InChI=1S/C18H22N4O2/c1-12(2)9-21-11-14(8-19-21)18(24)22-10-13(3)17(23)20-15-6-4-5-7-16(15)22/h4-8,11-13H,9-10H2,1-3H3,(H,20,23). The first-order valence-electron chi connectivity index (χ1n) is 8.20. The minimum absolute atomic E-state index is 0.0757. The van der Waals surface area contributed by atoms with Crippen molar-refractivity contribution in [2.24, 2.45) is 11.8 Å². The Labute approximate surface area is 141 Å². The van der Waals surface area contributed by atoms with Crippen molar-refractivity contribution in [2.45, 2.75) is 27.3 Å². The van der Waals surface area contributed by atoms with E-state index in [1.807, 2.05) is 31.2 Å². The number of para-hydroxylation sites is 2. The minimum atomic E-state index is -0.285. The van der Waals surface area contributed by atoms with E-state index in [0.29, 0.717) is 23.7 Å². The molecule has 0 saturated carbocycles. The molecule has 1 N–H and O–H groups in total. The monoisotopic (exact) mass is 326 g/mol. The third-order valence-electron chi connectivity index (χ3n) is 4.03. The predicted molar refractivity (Wildman–Crippen MR) is 93.0 cm³/mol. The van der Waals surface area contributed by atoms with Gasteiger partial charge >= 0.3 is 0 Å². The summed E-state index contributed by atoms with van der Waals surface area (Å²) >= 11 is 0. The zero-order valence-corrected chi connectivity index (χ0v) is 14.2. The van der Waals surface area contributed by atoms with Gasteiger partial charge in [0, 0.05) is 19.3 Å². The zero-order valence-electron chi connectivity index (χ0n) is 14.2. The summed E-state index contributed by atoms with van der Waals surface area (Å²) in [4.78, 5) is 26.8. The Morgan fingerprint density at radius 2 is 2.12 bits per heavy atom. The van der Waals surface area contributed by atoms with E-state index in [2.05, 4.69) is 24.3 Å². The predicted octanol–water partition coefficient (Wildman–Crippen LogP) is 2.77. The van der Waals surface area contributed by atoms with Crippen LogP contribution in [0.3, 0.4) is 0 Å². The molecule has 6 heteroatoms. The summed E-state index contributed by atoms with van der Waals surface area (Å²) in [5.41, 5.74) is 1.92. The lowest BCUT2D eigenvalue weighted by molar-refractivity contribution is -0.119. The third kappa shape index (κ3) is 3.18. The number of aromatic nitrogens is 2. The molecule has 0 bridgehead atoms. The van der Waals surface area contributed by atoms with Crippen molar-refractivity contribution < 1.29 is 9.59 Å². The molecule has 3 rings (SSSR count). The second kappa shape index (κ2) is 6.47. The van der Waals surface area contributed by atoms with Gasteiger partial charge in [-0.05, 0) is 18.1 Å². The lowest BCUT2D eigenvalue weighted by Crippen LogP contribution is -2.35. The molecule has 0 saturated heterocycles. The van der Waals surface area contributed by atoms with Gasteiger partial charge in [-0.25, -0.2) is 0 Å². The van der Waals surface area contributed by atoms with E-state index in [-0.39, 0.29) is 17.7 Å². The molecule has 1 atom stereocenters. The van der Waals surface area contributed by atoms with Gasteiger partial charge < -0.3 is 10.2 Å². The third-order valence-corrected chi connectivity index (χ3v) is 4.03. The molecule has 126 valence electrons. The molecule has 2 heterocycles. The topological polar surface area (TPSA) is 67.2 Å². The lowest BCUT2D eigenvalue weighted by Gasteiger charge is -2.22. The first-order valence-corrected chi connectivity index (χ1v) is 8.20. The van der Waals surface area contributed by atoms with Crippen LogP contribution in [0, 0.1) is 11.8 Å². The molecule has 2 aromatic rings. The number of nitrogens with one attached hydrogen (secondary N) is 1. The summed E-state index contributed by atoms with van der Waals surface area (Å²) < 4.78 is 1.79. The average Bonchev–Trinajstić information content (AvgIpc) is 2.95. The molecule has 1 aliphatic rings. The highest BCUT2D eigenvalue weighted by atomic mass is 16.2. The van der Waals surface area contributed by atoms with Crippen molar-refractivity contribution in [2.75, 3.05) is 16.8 Å². The Balaban J connectivity index is 1.93. The number of carbonyl (C=O) groups excluding carboxylic acids is 2. The number of fused-ring (bicyclic) bond motifs is 1. The van der Waals surface area contributed by atoms with E-state index in [1.165, 1.54) is 0 Å². The molecule has 1 unspecified atom stereocenters. The average molecular weight is 326 g/mol. The van der Waals surface area contributed by atoms with E-state index >= 15 is 0 Å². The summed E-state index contributed by atoms with van der Waals surface area (Å²) in [5, 5.41) is 7.16. The molecule has 1 aromatic carbocycles. The van der Waals surface area contributed by atoms with Crippen LogP contribution >= 0.6 is 0 Å². The van der Waals surface area contributed by atoms with Crippen molar-refractivity contribution in [1.82, 2.24) is 9.78 Å². The number of rotatable bonds is 3. The van der Waals surface area contributed by atoms with E-state index < -0.39 is 0 Å². The summed E-state index contributed by atoms with van der Waals surface area (Å²) in [7, 11) is 0. The molecular formula is C18H22N4O2. The zero-order chi connectivity index (χ0) is 17.3. The molecule has 0 radical (unpaired) electrons. The second-order valence-corrected chi connectivity index (χ2v) is 6.67. The molecule has 0 fully saturated rings. The van der Waals surface area contributed by atoms with Gasteiger partial charge in [0.15, 0.2) is 0 Å². The van der Waals surface area contributed by atoms with Crippen molar-refractivity contribution in [3.05, 3.63) is 42.2 Å².